The number of Topliss-reactive ketones (excluding diaryl/α,β-unsaturated/α-hetero) is 1. The van der Waals surface area contributed by atoms with E-state index in [4.69, 9.17) is 4.74 Å². The highest BCUT2D eigenvalue weighted by Gasteiger charge is 2.25. The molecule has 0 aliphatic carbocycles. The zero-order chi connectivity index (χ0) is 13.8. The number of carbonyl (C=O) groups is 2. The first-order valence-electron chi connectivity index (χ1n) is 6.55. The summed E-state index contributed by atoms with van der Waals surface area (Å²) in [6.07, 6.45) is 1.54. The third kappa shape index (κ3) is 3.13. The van der Waals surface area contributed by atoms with E-state index < -0.39 is 0 Å². The van der Waals surface area contributed by atoms with Crippen LogP contribution in [-0.2, 0) is 4.79 Å². The van der Waals surface area contributed by atoms with Gasteiger partial charge in [0.1, 0.15) is 11.5 Å². The fourth-order valence-electron chi connectivity index (χ4n) is 2.43. The normalized spacial score (nSPS) is 16.2. The summed E-state index contributed by atoms with van der Waals surface area (Å²) in [4.78, 5) is 25.5. The van der Waals surface area contributed by atoms with Crippen LogP contribution in [0.3, 0.4) is 0 Å². The number of nitrogens with zero attached hydrogens (tertiary/aromatic N) is 1. The number of hydrogen-bond acceptors (Lipinski definition) is 3. The number of carbonyl (C=O) groups excluding carboxylic acids is 2. The van der Waals surface area contributed by atoms with Crippen LogP contribution in [0.1, 0.15) is 30.1 Å². The van der Waals surface area contributed by atoms with Gasteiger partial charge in [0.25, 0.3) is 5.91 Å². The minimum atomic E-state index is 0.0147. The summed E-state index contributed by atoms with van der Waals surface area (Å²) in [7, 11) is 1.59. The van der Waals surface area contributed by atoms with Gasteiger partial charge in [-0.2, -0.15) is 0 Å². The highest BCUT2D eigenvalue weighted by molar-refractivity contribution is 5.94. The maximum atomic E-state index is 12.3. The first-order valence-corrected chi connectivity index (χ1v) is 6.55. The van der Waals surface area contributed by atoms with E-state index in [-0.39, 0.29) is 17.6 Å². The number of hydrogen-bond donors (Lipinski definition) is 0. The molecule has 2 rings (SSSR count). The molecule has 0 atom stereocenters. The summed E-state index contributed by atoms with van der Waals surface area (Å²) in [6, 6.07) is 7.18. The van der Waals surface area contributed by atoms with Crippen LogP contribution in [-0.4, -0.2) is 36.8 Å². The summed E-state index contributed by atoms with van der Waals surface area (Å²) < 4.78 is 5.13. The molecule has 0 unspecified atom stereocenters. The summed E-state index contributed by atoms with van der Waals surface area (Å²) in [5, 5.41) is 0. The smallest absolute Gasteiger partial charge is 0.253 e. The maximum absolute atomic E-state index is 12.3. The van der Waals surface area contributed by atoms with E-state index >= 15 is 0 Å². The molecule has 102 valence electrons. The Morgan fingerprint density at radius 1 is 1.26 bits per heavy atom. The molecule has 1 aromatic rings. The van der Waals surface area contributed by atoms with E-state index in [1.54, 1.807) is 26.2 Å². The third-order valence-electron chi connectivity index (χ3n) is 3.67. The molecule has 0 aromatic heterocycles. The van der Waals surface area contributed by atoms with E-state index in [1.165, 1.54) is 0 Å². The molecule has 0 bridgehead atoms. The van der Waals surface area contributed by atoms with Crippen LogP contribution in [0.25, 0.3) is 0 Å². The van der Waals surface area contributed by atoms with Gasteiger partial charge in [0, 0.05) is 24.6 Å². The molecule has 4 heteroatoms. The quantitative estimate of drug-likeness (QED) is 0.837. The Hall–Kier alpha value is -1.84. The lowest BCUT2D eigenvalue weighted by Crippen LogP contribution is -2.39. The van der Waals surface area contributed by atoms with Gasteiger partial charge in [0.05, 0.1) is 7.11 Å². The van der Waals surface area contributed by atoms with Gasteiger partial charge in [-0.05, 0) is 38.0 Å². The number of methoxy groups -OCH3 is 1. The summed E-state index contributed by atoms with van der Waals surface area (Å²) in [5.74, 6) is 1.05. The van der Waals surface area contributed by atoms with Crippen LogP contribution in [0.15, 0.2) is 24.3 Å². The Morgan fingerprint density at radius 3 is 2.53 bits per heavy atom. The van der Waals surface area contributed by atoms with Gasteiger partial charge in [-0.3, -0.25) is 9.59 Å². The molecule has 1 aromatic carbocycles. The Kier molecular flexibility index (Phi) is 4.20. The summed E-state index contributed by atoms with van der Waals surface area (Å²) in [6.45, 7) is 2.94. The van der Waals surface area contributed by atoms with Crippen molar-refractivity contribution in [1.29, 1.82) is 0 Å². The summed E-state index contributed by atoms with van der Waals surface area (Å²) >= 11 is 0. The second-order valence-electron chi connectivity index (χ2n) is 4.91. The van der Waals surface area contributed by atoms with E-state index in [0.29, 0.717) is 24.4 Å². The first kappa shape index (κ1) is 13.6. The predicted octanol–water partition coefficient (Wildman–Crippen LogP) is 2.14. The van der Waals surface area contributed by atoms with E-state index in [1.807, 2.05) is 17.0 Å². The lowest BCUT2D eigenvalue weighted by molar-refractivity contribution is -0.121. The van der Waals surface area contributed by atoms with Gasteiger partial charge in [-0.25, -0.2) is 0 Å². The van der Waals surface area contributed by atoms with Crippen LogP contribution in [0.5, 0.6) is 5.75 Å². The van der Waals surface area contributed by atoms with Gasteiger partial charge in [-0.1, -0.05) is 6.07 Å². The van der Waals surface area contributed by atoms with Gasteiger partial charge in [0.2, 0.25) is 0 Å². The van der Waals surface area contributed by atoms with Crippen LogP contribution >= 0.6 is 0 Å². The molecular weight excluding hydrogens is 242 g/mol. The molecule has 1 amide bonds. The van der Waals surface area contributed by atoms with Crippen LogP contribution < -0.4 is 4.74 Å². The van der Waals surface area contributed by atoms with Crippen molar-refractivity contribution in [3.05, 3.63) is 29.8 Å². The van der Waals surface area contributed by atoms with Gasteiger partial charge >= 0.3 is 0 Å². The lowest BCUT2D eigenvalue weighted by Gasteiger charge is -2.31. The van der Waals surface area contributed by atoms with Crippen molar-refractivity contribution in [2.75, 3.05) is 20.2 Å². The average molecular weight is 261 g/mol. The highest BCUT2D eigenvalue weighted by Crippen LogP contribution is 2.21. The molecule has 1 heterocycles. The van der Waals surface area contributed by atoms with Crippen molar-refractivity contribution < 1.29 is 14.3 Å². The fraction of sp³-hybridized carbons (Fsp3) is 0.467. The van der Waals surface area contributed by atoms with Crippen molar-refractivity contribution in [1.82, 2.24) is 4.90 Å². The summed E-state index contributed by atoms with van der Waals surface area (Å²) in [5.41, 5.74) is 0.639. The Balaban J connectivity index is 2.02. The van der Waals surface area contributed by atoms with Crippen molar-refractivity contribution in [2.45, 2.75) is 19.8 Å². The molecule has 1 fully saturated rings. The average Bonchev–Trinajstić information content (AvgIpc) is 2.46. The van der Waals surface area contributed by atoms with Crippen molar-refractivity contribution in [3.8, 4) is 5.75 Å². The topological polar surface area (TPSA) is 46.6 Å². The van der Waals surface area contributed by atoms with E-state index in [0.717, 1.165) is 12.8 Å². The minimum absolute atomic E-state index is 0.0147. The SMILES string of the molecule is COc1cccc(C(=O)N2CCC(C(C)=O)CC2)c1. The van der Waals surface area contributed by atoms with Gasteiger partial charge < -0.3 is 9.64 Å². The van der Waals surface area contributed by atoms with Crippen molar-refractivity contribution in [3.63, 3.8) is 0 Å². The zero-order valence-electron chi connectivity index (χ0n) is 11.4. The molecule has 0 saturated carbocycles. The van der Waals surface area contributed by atoms with E-state index in [9.17, 15) is 9.59 Å². The van der Waals surface area contributed by atoms with Crippen molar-refractivity contribution in [2.24, 2.45) is 5.92 Å². The van der Waals surface area contributed by atoms with Crippen LogP contribution in [0.4, 0.5) is 0 Å². The second kappa shape index (κ2) is 5.87. The molecule has 0 N–H and O–H groups in total. The van der Waals surface area contributed by atoms with E-state index in [2.05, 4.69) is 0 Å². The third-order valence-corrected chi connectivity index (χ3v) is 3.67. The molecule has 0 radical (unpaired) electrons. The Morgan fingerprint density at radius 2 is 1.95 bits per heavy atom. The minimum Gasteiger partial charge on any atom is -0.497 e. The highest BCUT2D eigenvalue weighted by atomic mass is 16.5. The van der Waals surface area contributed by atoms with Gasteiger partial charge in [0.15, 0.2) is 0 Å². The number of benzene rings is 1. The largest absolute Gasteiger partial charge is 0.497 e. The standard InChI is InChI=1S/C15H19NO3/c1-11(17)12-6-8-16(9-7-12)15(18)13-4-3-5-14(10-13)19-2/h3-5,10,12H,6-9H2,1-2H3. The molecule has 4 nitrogen and oxygen atoms in total. The monoisotopic (exact) mass is 261 g/mol. The van der Waals surface area contributed by atoms with Crippen LogP contribution in [0.2, 0.25) is 0 Å². The molecule has 1 aliphatic rings. The van der Waals surface area contributed by atoms with Gasteiger partial charge in [-0.15, -0.1) is 0 Å². The number of ketones is 1. The molecule has 19 heavy (non-hydrogen) atoms. The van der Waals surface area contributed by atoms with Crippen LogP contribution in [0, 0.1) is 5.92 Å². The van der Waals surface area contributed by atoms with Crippen molar-refractivity contribution >= 4 is 11.7 Å². The number of piperidine rings is 1. The Bertz CT molecular complexity index is 476. The number of rotatable bonds is 3. The Labute approximate surface area is 113 Å². The fourth-order valence-corrected chi connectivity index (χ4v) is 2.43. The predicted molar refractivity (Wildman–Crippen MR) is 72.3 cm³/mol. The first-order chi connectivity index (χ1) is 9.11. The molecule has 1 aliphatic heterocycles. The maximum Gasteiger partial charge on any atom is 0.253 e. The zero-order valence-corrected chi connectivity index (χ0v) is 11.4. The number of ether oxygens (including phenoxy) is 1. The number of likely N-dealkylation sites (tertiary alicyclic amines) is 1. The molecule has 1 saturated heterocycles. The number of amides is 1. The molecule has 0 spiro atoms. The second-order valence-corrected chi connectivity index (χ2v) is 4.91. The molecular formula is C15H19NO3. The lowest BCUT2D eigenvalue weighted by atomic mass is 9.93.